The topological polar surface area (TPSA) is 0 Å². The van der Waals surface area contributed by atoms with Crippen LogP contribution < -0.4 is 24.8 Å². The van der Waals surface area contributed by atoms with E-state index < -0.39 is 0 Å². The molecule has 3 heteroatoms. The van der Waals surface area contributed by atoms with Gasteiger partial charge in [-0.15, -0.1) is 0 Å². The van der Waals surface area contributed by atoms with Gasteiger partial charge in [-0.2, -0.15) is 35.9 Å². The molecule has 0 saturated carbocycles. The van der Waals surface area contributed by atoms with Gasteiger partial charge in [-0.1, -0.05) is 13.3 Å². The van der Waals surface area contributed by atoms with Gasteiger partial charge < -0.3 is 24.8 Å². The molecule has 0 nitrogen and oxygen atoms in total. The largest absolute Gasteiger partial charge is 0.214 e. The molecular weight excluding hydrogens is 462 g/mol. The van der Waals surface area contributed by atoms with Crippen molar-refractivity contribution in [3.05, 3.63) is 132 Å². The van der Waals surface area contributed by atoms with Gasteiger partial charge in [0.1, 0.15) is 0 Å². The van der Waals surface area contributed by atoms with Crippen molar-refractivity contribution in [3.8, 4) is 0 Å². The van der Waals surface area contributed by atoms with Crippen LogP contribution in [0.3, 0.4) is 0 Å². The average Bonchev–Trinajstić information content (AvgIpc) is 3.45. The van der Waals surface area contributed by atoms with Gasteiger partial charge in [0.15, 0.2) is 0 Å². The van der Waals surface area contributed by atoms with Crippen molar-refractivity contribution in [1.82, 2.24) is 0 Å². The number of aryl methyl sites for hydroxylation is 1. The van der Waals surface area contributed by atoms with Crippen LogP contribution in [0.5, 0.6) is 0 Å². The molecule has 28 heavy (non-hydrogen) atoms. The third-order valence-electron chi connectivity index (χ3n) is 3.82. The summed E-state index contributed by atoms with van der Waals surface area (Å²) in [6.07, 6.45) is 1.16. The normalized spacial score (nSPS) is 8.68. The van der Waals surface area contributed by atoms with Crippen LogP contribution in [0.25, 0.3) is 0 Å². The molecule has 0 bridgehead atoms. The molecule has 0 aliphatic rings. The molecule has 0 N–H and O–H groups in total. The second-order valence-corrected chi connectivity index (χ2v) is 6.95. The van der Waals surface area contributed by atoms with Crippen molar-refractivity contribution in [1.29, 1.82) is 0 Å². The second kappa shape index (κ2) is 16.4. The average molecular weight is 487 g/mol. The van der Waals surface area contributed by atoms with Crippen LogP contribution in [-0.2, 0) is 30.7 Å². The van der Waals surface area contributed by atoms with E-state index in [2.05, 4.69) is 91.9 Å². The first kappa shape index (κ1) is 26.5. The summed E-state index contributed by atoms with van der Waals surface area (Å²) < 4.78 is 1.42. The van der Waals surface area contributed by atoms with Gasteiger partial charge in [0, 0.05) is 0 Å². The second-order valence-electron chi connectivity index (χ2n) is 5.72. The van der Waals surface area contributed by atoms with E-state index in [9.17, 15) is 0 Å². The third-order valence-corrected chi connectivity index (χ3v) is 5.24. The van der Waals surface area contributed by atoms with Crippen LogP contribution in [0, 0.1) is 0 Å². The van der Waals surface area contributed by atoms with Crippen molar-refractivity contribution < 1.29 is 49.0 Å². The number of halogens is 2. The number of rotatable bonds is 3. The Bertz CT molecular complexity index is 762. The van der Waals surface area contributed by atoms with E-state index in [0.29, 0.717) is 0 Å². The minimum Gasteiger partial charge on any atom is -0.214 e. The Balaban J connectivity index is 0.000000438. The SMILES string of the molecule is CC[c-]1cccc1.[Cl-].[Cl-].[Zr+2]=[C](c1ccccc1)c1ccccc1.c1cc[cH-]c1. The molecule has 0 heterocycles. The maximum atomic E-state index is 2.16. The molecule has 0 saturated heterocycles. The molecule has 0 atom stereocenters. The van der Waals surface area contributed by atoms with E-state index >= 15 is 0 Å². The van der Waals surface area contributed by atoms with E-state index in [-0.39, 0.29) is 24.8 Å². The van der Waals surface area contributed by atoms with Gasteiger partial charge in [0.05, 0.1) is 0 Å². The molecule has 4 aromatic rings. The molecule has 0 aromatic heterocycles. The zero-order chi connectivity index (χ0) is 18.5. The van der Waals surface area contributed by atoms with Crippen LogP contribution in [0.2, 0.25) is 0 Å². The van der Waals surface area contributed by atoms with Crippen LogP contribution >= 0.6 is 0 Å². The zero-order valence-corrected chi connectivity index (χ0v) is 19.9. The predicted octanol–water partition coefficient (Wildman–Crippen LogP) is 0.184. The zero-order valence-electron chi connectivity index (χ0n) is 15.9. The Morgan fingerprint density at radius 1 is 0.714 bits per heavy atom. The quantitative estimate of drug-likeness (QED) is 0.363. The van der Waals surface area contributed by atoms with Gasteiger partial charge >= 0.3 is 99.2 Å². The first-order valence-electron chi connectivity index (χ1n) is 8.88. The summed E-state index contributed by atoms with van der Waals surface area (Å²) in [5.74, 6) is 0. The first-order valence-corrected chi connectivity index (χ1v) is 10.1. The Hall–Kier alpha value is -1.53. The number of benzene rings is 2. The molecule has 0 amide bonds. The maximum Gasteiger partial charge on any atom is -0.172 e. The van der Waals surface area contributed by atoms with E-state index in [1.807, 2.05) is 30.3 Å². The Morgan fingerprint density at radius 2 is 1.14 bits per heavy atom. The van der Waals surface area contributed by atoms with Crippen molar-refractivity contribution in [3.63, 3.8) is 0 Å². The summed E-state index contributed by atoms with van der Waals surface area (Å²) in [4.78, 5) is 0. The van der Waals surface area contributed by atoms with Gasteiger partial charge in [-0.3, -0.25) is 0 Å². The molecule has 0 spiro atoms. The van der Waals surface area contributed by atoms with Crippen LogP contribution in [0.1, 0.15) is 23.6 Å². The fourth-order valence-electron chi connectivity index (χ4n) is 2.35. The molecule has 0 radical (unpaired) electrons. The molecule has 0 unspecified atom stereocenters. The Kier molecular flexibility index (Phi) is 15.5. The minimum absolute atomic E-state index is 0. The fraction of sp³-hybridized carbons (Fsp3) is 0.0800. The number of hydrogen-bond acceptors (Lipinski definition) is 0. The van der Waals surface area contributed by atoms with E-state index in [0.717, 1.165) is 6.42 Å². The first-order chi connectivity index (χ1) is 12.8. The van der Waals surface area contributed by atoms with Crippen molar-refractivity contribution in [2.75, 3.05) is 0 Å². The standard InChI is InChI=1S/C13H10.C7H9.C5H5.2ClH.Zr/c1-3-7-12(8-4-1)11-13-9-5-2-6-10-13;1-2-7-5-3-4-6-7;1-2-4-5-3-1;;;/h1-10H;3-6H,2H2,1H3;1-5H;2*1H;/q;2*-1;;;+2/p-2. The smallest absolute Gasteiger partial charge is 0.172 e. The molecule has 0 aliphatic carbocycles. The van der Waals surface area contributed by atoms with Gasteiger partial charge in [0.25, 0.3) is 0 Å². The molecule has 4 rings (SSSR count). The predicted molar refractivity (Wildman–Crippen MR) is 110 cm³/mol. The summed E-state index contributed by atoms with van der Waals surface area (Å²) in [6, 6.07) is 39.5. The van der Waals surface area contributed by atoms with E-state index in [1.54, 1.807) is 0 Å². The Labute approximate surface area is 196 Å². The molecule has 0 fully saturated rings. The third kappa shape index (κ3) is 10.1. The van der Waals surface area contributed by atoms with E-state index in [1.165, 1.54) is 44.1 Å². The summed E-state index contributed by atoms with van der Waals surface area (Å²) in [6.45, 7) is 2.16. The fourth-order valence-corrected chi connectivity index (χ4v) is 3.17. The monoisotopic (exact) mass is 484 g/mol. The molecule has 4 aromatic carbocycles. The van der Waals surface area contributed by atoms with Crippen LogP contribution in [-0.4, -0.2) is 3.21 Å². The summed E-state index contributed by atoms with van der Waals surface area (Å²) in [7, 11) is 0. The van der Waals surface area contributed by atoms with Crippen molar-refractivity contribution in [2.24, 2.45) is 0 Å². The summed E-state index contributed by atoms with van der Waals surface area (Å²) >= 11 is 1.46. The van der Waals surface area contributed by atoms with Gasteiger partial charge in [0.2, 0.25) is 0 Å². The number of hydrogen-bond donors (Lipinski definition) is 0. The Morgan fingerprint density at radius 3 is 1.43 bits per heavy atom. The van der Waals surface area contributed by atoms with Crippen molar-refractivity contribution >= 4 is 3.21 Å². The maximum absolute atomic E-state index is 2.16. The van der Waals surface area contributed by atoms with Gasteiger partial charge in [-0.25, -0.2) is 24.3 Å². The summed E-state index contributed by atoms with van der Waals surface area (Å²) in [5, 5.41) is 0. The molecule has 144 valence electrons. The van der Waals surface area contributed by atoms with Crippen LogP contribution in [0.15, 0.2) is 115 Å². The van der Waals surface area contributed by atoms with Crippen LogP contribution in [0.4, 0.5) is 0 Å². The molecule has 0 aliphatic heterocycles. The van der Waals surface area contributed by atoms with Gasteiger partial charge in [-0.05, 0) is 0 Å². The molecular formula is C25H24Cl2Zr-2. The minimum atomic E-state index is 0. The van der Waals surface area contributed by atoms with Crippen molar-refractivity contribution in [2.45, 2.75) is 13.3 Å². The van der Waals surface area contributed by atoms with E-state index in [4.69, 9.17) is 0 Å². The summed E-state index contributed by atoms with van der Waals surface area (Å²) in [5.41, 5.74) is 4.09.